The Hall–Kier alpha value is -1.22. The molecule has 0 bridgehead atoms. The van der Waals surface area contributed by atoms with E-state index in [0.29, 0.717) is 18.3 Å². The minimum absolute atomic E-state index is 0.0283. The summed E-state index contributed by atoms with van der Waals surface area (Å²) in [7, 11) is 0. The van der Waals surface area contributed by atoms with Crippen LogP contribution in [0.4, 0.5) is 0 Å². The van der Waals surface area contributed by atoms with E-state index in [1.165, 1.54) is 0 Å². The van der Waals surface area contributed by atoms with Gasteiger partial charge in [0.15, 0.2) is 0 Å². The summed E-state index contributed by atoms with van der Waals surface area (Å²) >= 11 is 3.18. The lowest BCUT2D eigenvalue weighted by molar-refractivity contribution is -0.155. The topological polar surface area (TPSA) is 96.7 Å². The number of thiazole rings is 1. The molecule has 0 amide bonds. The summed E-state index contributed by atoms with van der Waals surface area (Å²) in [4.78, 5) is 30.8. The summed E-state index contributed by atoms with van der Waals surface area (Å²) in [5.41, 5.74) is 0.573. The van der Waals surface area contributed by atoms with Gasteiger partial charge in [0.1, 0.15) is 16.2 Å². The third-order valence-corrected chi connectivity index (χ3v) is 9.93. The van der Waals surface area contributed by atoms with Gasteiger partial charge in [0.2, 0.25) is 0 Å². The Morgan fingerprint density at radius 2 is 1.78 bits per heavy atom. The van der Waals surface area contributed by atoms with Gasteiger partial charge in [-0.25, -0.2) is 4.98 Å². The van der Waals surface area contributed by atoms with Crippen molar-refractivity contribution < 1.29 is 24.5 Å². The smallest absolute Gasteiger partial charge is 0.309 e. The van der Waals surface area contributed by atoms with Gasteiger partial charge < -0.3 is 14.9 Å². The van der Waals surface area contributed by atoms with Crippen molar-refractivity contribution in [3.8, 4) is 0 Å². The molecule has 204 valence electrons. The van der Waals surface area contributed by atoms with Crippen molar-refractivity contribution in [2.24, 2.45) is 29.1 Å². The first-order valence-electron chi connectivity index (χ1n) is 13.1. The standard InChI is InChI=1S/C28H45NO5S2/c1-16-10-9-11-17(2)25(32)20(5)26(33)28(6,7)23(30)14-24(31)34-22(13-18(16)3)19(4)12-21-15-36-27(29-21)35-8/h12,15-18,20,22-23,25,30,32H,9-11,13-14H2,1-8H3/b19-12+/t16-,17-,18-,20+,22-,23-,25-/m0/s1. The zero-order valence-corrected chi connectivity index (χ0v) is 24.7. The maximum Gasteiger partial charge on any atom is 0.309 e. The molecule has 1 fully saturated rings. The Balaban J connectivity index is 2.34. The van der Waals surface area contributed by atoms with Gasteiger partial charge in [-0.2, -0.15) is 0 Å². The molecule has 1 saturated heterocycles. The Labute approximate surface area is 225 Å². The maximum absolute atomic E-state index is 13.2. The summed E-state index contributed by atoms with van der Waals surface area (Å²) in [6.07, 6.45) is 4.70. The SMILES string of the molecule is CSc1nc(/C=C(\C)[C@@H]2C[C@H](C)[C@@H](C)CCC[C@H](C)[C@H](O)[C@@H](C)C(=O)C(C)(C)[C@@H](O)CC(=O)O2)cs1. The molecule has 6 nitrogen and oxygen atoms in total. The number of aromatic nitrogens is 1. The fourth-order valence-corrected chi connectivity index (χ4v) is 6.11. The van der Waals surface area contributed by atoms with Crippen molar-refractivity contribution in [3.63, 3.8) is 0 Å². The van der Waals surface area contributed by atoms with E-state index < -0.39 is 35.6 Å². The Morgan fingerprint density at radius 3 is 2.39 bits per heavy atom. The predicted octanol–water partition coefficient (Wildman–Crippen LogP) is 6.01. The van der Waals surface area contributed by atoms with E-state index in [0.717, 1.165) is 34.9 Å². The second-order valence-corrected chi connectivity index (χ2v) is 13.2. The van der Waals surface area contributed by atoms with Crippen LogP contribution in [-0.2, 0) is 14.3 Å². The van der Waals surface area contributed by atoms with Gasteiger partial charge in [-0.15, -0.1) is 11.3 Å². The molecule has 1 aliphatic heterocycles. The zero-order valence-electron chi connectivity index (χ0n) is 23.1. The molecule has 8 heteroatoms. The minimum atomic E-state index is -1.21. The predicted molar refractivity (Wildman–Crippen MR) is 148 cm³/mol. The molecule has 0 saturated carbocycles. The van der Waals surface area contributed by atoms with E-state index in [4.69, 9.17) is 4.74 Å². The van der Waals surface area contributed by atoms with Crippen LogP contribution in [0.25, 0.3) is 6.08 Å². The average Bonchev–Trinajstić information content (AvgIpc) is 3.28. The number of aliphatic hydroxyl groups is 2. The number of thioether (sulfide) groups is 1. The zero-order chi connectivity index (χ0) is 27.2. The highest BCUT2D eigenvalue weighted by molar-refractivity contribution is 8.00. The number of esters is 1. The molecule has 0 aliphatic carbocycles. The van der Waals surface area contributed by atoms with Crippen molar-refractivity contribution in [2.75, 3.05) is 6.26 Å². The van der Waals surface area contributed by atoms with Crippen molar-refractivity contribution in [1.82, 2.24) is 4.98 Å². The summed E-state index contributed by atoms with van der Waals surface area (Å²) in [5, 5.41) is 23.8. The lowest BCUT2D eigenvalue weighted by atomic mass is 9.73. The van der Waals surface area contributed by atoms with Crippen molar-refractivity contribution in [2.45, 2.75) is 103 Å². The summed E-state index contributed by atoms with van der Waals surface area (Å²) in [6.45, 7) is 13.3. The quantitative estimate of drug-likeness (QED) is 0.359. The van der Waals surface area contributed by atoms with Gasteiger partial charge in [-0.1, -0.05) is 66.1 Å². The summed E-state index contributed by atoms with van der Waals surface area (Å²) < 4.78 is 6.92. The fourth-order valence-electron chi connectivity index (χ4n) is 4.89. The first kappa shape index (κ1) is 31.0. The summed E-state index contributed by atoms with van der Waals surface area (Å²) in [5.74, 6) is -0.720. The molecule has 0 radical (unpaired) electrons. The molecule has 0 aromatic carbocycles. The third kappa shape index (κ3) is 8.14. The molecular weight excluding hydrogens is 494 g/mol. The summed E-state index contributed by atoms with van der Waals surface area (Å²) in [6, 6.07) is 0. The molecule has 2 N–H and O–H groups in total. The molecule has 1 aromatic heterocycles. The van der Waals surface area contributed by atoms with E-state index in [1.807, 2.05) is 31.6 Å². The van der Waals surface area contributed by atoms with E-state index in [-0.39, 0.29) is 18.1 Å². The molecule has 1 aliphatic rings. The van der Waals surface area contributed by atoms with Gasteiger partial charge >= 0.3 is 5.97 Å². The molecule has 0 unspecified atom stereocenters. The second kappa shape index (κ2) is 13.5. The minimum Gasteiger partial charge on any atom is -0.458 e. The number of Topliss-reactive ketones (excluding diaryl/α,β-unsaturated/α-hetero) is 1. The maximum atomic E-state index is 13.2. The van der Waals surface area contributed by atoms with Crippen molar-refractivity contribution >= 4 is 40.9 Å². The second-order valence-electron chi connectivity index (χ2n) is 11.3. The van der Waals surface area contributed by atoms with Gasteiger partial charge in [0.25, 0.3) is 0 Å². The van der Waals surface area contributed by atoms with E-state index >= 15 is 0 Å². The number of nitrogens with zero attached hydrogens (tertiary/aromatic N) is 1. The van der Waals surface area contributed by atoms with Crippen LogP contribution in [0, 0.1) is 29.1 Å². The van der Waals surface area contributed by atoms with E-state index in [9.17, 15) is 19.8 Å². The van der Waals surface area contributed by atoms with Crippen LogP contribution >= 0.6 is 23.1 Å². The highest BCUT2D eigenvalue weighted by atomic mass is 32.2. The molecular formula is C28H45NO5S2. The highest BCUT2D eigenvalue weighted by Crippen LogP contribution is 2.34. The Bertz CT molecular complexity index is 912. The number of aliphatic hydroxyl groups excluding tert-OH is 2. The van der Waals surface area contributed by atoms with Crippen LogP contribution in [0.15, 0.2) is 15.3 Å². The van der Waals surface area contributed by atoms with E-state index in [1.54, 1.807) is 43.9 Å². The third-order valence-electron chi connectivity index (χ3n) is 8.05. The number of rotatable bonds is 3. The van der Waals surface area contributed by atoms with Crippen LogP contribution in [0.2, 0.25) is 0 Å². The number of ether oxygens (including phenoxy) is 1. The number of carbonyl (C=O) groups is 2. The first-order valence-corrected chi connectivity index (χ1v) is 15.2. The van der Waals surface area contributed by atoms with Gasteiger partial charge in [-0.05, 0) is 55.4 Å². The molecule has 0 spiro atoms. The molecule has 1 aromatic rings. The van der Waals surface area contributed by atoms with Crippen LogP contribution in [0.3, 0.4) is 0 Å². The van der Waals surface area contributed by atoms with Gasteiger partial charge in [0, 0.05) is 11.3 Å². The lowest BCUT2D eigenvalue weighted by Crippen LogP contribution is -2.45. The van der Waals surface area contributed by atoms with Crippen molar-refractivity contribution in [1.29, 1.82) is 0 Å². The Morgan fingerprint density at radius 1 is 1.14 bits per heavy atom. The van der Waals surface area contributed by atoms with Crippen LogP contribution < -0.4 is 0 Å². The molecule has 2 heterocycles. The molecule has 36 heavy (non-hydrogen) atoms. The monoisotopic (exact) mass is 539 g/mol. The number of ketones is 1. The number of hydrogen-bond acceptors (Lipinski definition) is 8. The number of cyclic esters (lactones) is 1. The van der Waals surface area contributed by atoms with Crippen LogP contribution in [0.5, 0.6) is 0 Å². The first-order chi connectivity index (χ1) is 16.8. The fraction of sp³-hybridized carbons (Fsp3) is 0.750. The van der Waals surface area contributed by atoms with Gasteiger partial charge in [0.05, 0.1) is 29.7 Å². The van der Waals surface area contributed by atoms with Crippen LogP contribution in [-0.4, -0.2) is 51.5 Å². The number of carbonyl (C=O) groups excluding carboxylic acids is 2. The average molecular weight is 540 g/mol. The Kier molecular flexibility index (Phi) is 11.7. The van der Waals surface area contributed by atoms with E-state index in [2.05, 4.69) is 18.8 Å². The van der Waals surface area contributed by atoms with Crippen LogP contribution in [0.1, 0.15) is 86.3 Å². The van der Waals surface area contributed by atoms with Crippen molar-refractivity contribution in [3.05, 3.63) is 16.6 Å². The molecule has 2 rings (SSSR count). The normalized spacial score (nSPS) is 33.8. The van der Waals surface area contributed by atoms with Gasteiger partial charge in [-0.3, -0.25) is 9.59 Å². The highest BCUT2D eigenvalue weighted by Gasteiger charge is 2.42. The largest absolute Gasteiger partial charge is 0.458 e. The number of hydrogen-bond donors (Lipinski definition) is 2. The lowest BCUT2D eigenvalue weighted by Gasteiger charge is -2.35. The molecule has 7 atom stereocenters.